The Morgan fingerprint density at radius 3 is 2.63 bits per heavy atom. The van der Waals surface area contributed by atoms with Crippen molar-refractivity contribution in [1.29, 1.82) is 0 Å². The third-order valence-corrected chi connectivity index (χ3v) is 4.19. The van der Waals surface area contributed by atoms with Gasteiger partial charge in [-0.15, -0.1) is 10.2 Å². The van der Waals surface area contributed by atoms with E-state index in [9.17, 15) is 4.79 Å². The van der Waals surface area contributed by atoms with Gasteiger partial charge >= 0.3 is 0 Å². The van der Waals surface area contributed by atoms with Crippen LogP contribution in [-0.4, -0.2) is 29.1 Å². The maximum Gasteiger partial charge on any atom is 0.274 e. The highest BCUT2D eigenvalue weighted by atomic mass is 16.7. The van der Waals surface area contributed by atoms with Gasteiger partial charge in [0.15, 0.2) is 11.5 Å². The third-order valence-electron chi connectivity index (χ3n) is 4.19. The van der Waals surface area contributed by atoms with E-state index < -0.39 is 0 Å². The van der Waals surface area contributed by atoms with Gasteiger partial charge in [0.05, 0.1) is 7.11 Å². The van der Waals surface area contributed by atoms with Crippen molar-refractivity contribution in [1.82, 2.24) is 15.2 Å². The summed E-state index contributed by atoms with van der Waals surface area (Å²) < 4.78 is 15.8. The quantitative estimate of drug-likeness (QED) is 0.689. The molecule has 1 aliphatic heterocycles. The summed E-state index contributed by atoms with van der Waals surface area (Å²) in [6.07, 6.45) is 0.398. The predicted molar refractivity (Wildman–Crippen MR) is 98.3 cm³/mol. The molecule has 8 heteroatoms. The summed E-state index contributed by atoms with van der Waals surface area (Å²) in [7, 11) is 1.61. The zero-order chi connectivity index (χ0) is 18.6. The zero-order valence-corrected chi connectivity index (χ0v) is 14.7. The number of anilines is 1. The molecule has 2 heterocycles. The van der Waals surface area contributed by atoms with Gasteiger partial charge in [0.25, 0.3) is 5.56 Å². The molecule has 8 nitrogen and oxygen atoms in total. The first kappa shape index (κ1) is 16.9. The van der Waals surface area contributed by atoms with E-state index in [0.717, 1.165) is 22.6 Å². The van der Waals surface area contributed by atoms with E-state index in [0.29, 0.717) is 30.4 Å². The van der Waals surface area contributed by atoms with Crippen LogP contribution in [0.5, 0.6) is 17.2 Å². The lowest BCUT2D eigenvalue weighted by Gasteiger charge is -2.07. The van der Waals surface area contributed by atoms with Gasteiger partial charge in [-0.3, -0.25) is 9.78 Å². The number of nitrogens with one attached hydrogen (secondary N) is 2. The fraction of sp³-hybridized carbons (Fsp3) is 0.211. The van der Waals surface area contributed by atoms with E-state index in [2.05, 4.69) is 20.5 Å². The average Bonchev–Trinajstić information content (AvgIpc) is 3.16. The van der Waals surface area contributed by atoms with E-state index in [4.69, 9.17) is 14.2 Å². The maximum atomic E-state index is 12.3. The lowest BCUT2D eigenvalue weighted by atomic mass is 10.1. The highest BCUT2D eigenvalue weighted by molar-refractivity contribution is 5.45. The third kappa shape index (κ3) is 3.84. The second kappa shape index (κ2) is 7.36. The second-order valence-corrected chi connectivity index (χ2v) is 6.02. The molecule has 27 heavy (non-hydrogen) atoms. The van der Waals surface area contributed by atoms with Gasteiger partial charge in [-0.25, -0.2) is 0 Å². The minimum atomic E-state index is -0.269. The fourth-order valence-corrected chi connectivity index (χ4v) is 2.73. The molecule has 1 aliphatic rings. The summed E-state index contributed by atoms with van der Waals surface area (Å²) in [6, 6.07) is 13.1. The van der Waals surface area contributed by atoms with Crippen LogP contribution < -0.4 is 25.1 Å². The molecule has 0 spiro atoms. The molecule has 0 atom stereocenters. The van der Waals surface area contributed by atoms with E-state index in [1.54, 1.807) is 7.11 Å². The number of H-pyrrole nitrogens is 1. The lowest BCUT2D eigenvalue weighted by molar-refractivity contribution is 0.174. The molecule has 0 bridgehead atoms. The summed E-state index contributed by atoms with van der Waals surface area (Å²) in [6.45, 7) is 0.708. The Bertz CT molecular complexity index is 1000. The van der Waals surface area contributed by atoms with Crippen molar-refractivity contribution >= 4 is 5.95 Å². The number of ether oxygens (including phenoxy) is 3. The molecule has 0 saturated heterocycles. The average molecular weight is 366 g/mol. The van der Waals surface area contributed by atoms with Crippen molar-refractivity contribution < 1.29 is 14.2 Å². The standard InChI is InChI=1S/C19H18N4O4/c1-25-14-5-2-12(3-6-14)8-15-18(24)21-19(23-22-15)20-10-13-4-7-16-17(9-13)27-11-26-16/h2-7,9H,8,10-11H2,1H3,(H2,20,21,23,24). The van der Waals surface area contributed by atoms with Crippen LogP contribution in [0, 0.1) is 0 Å². The largest absolute Gasteiger partial charge is 0.497 e. The Balaban J connectivity index is 1.41. The summed E-state index contributed by atoms with van der Waals surface area (Å²) in [5, 5.41) is 11.2. The molecule has 0 saturated carbocycles. The lowest BCUT2D eigenvalue weighted by Crippen LogP contribution is -2.19. The molecule has 4 rings (SSSR count). The Kier molecular flexibility index (Phi) is 4.61. The monoisotopic (exact) mass is 366 g/mol. The van der Waals surface area contributed by atoms with E-state index in [1.165, 1.54) is 0 Å². The topological polar surface area (TPSA) is 98.4 Å². The van der Waals surface area contributed by atoms with Crippen LogP contribution >= 0.6 is 0 Å². The summed E-state index contributed by atoms with van der Waals surface area (Å²) in [5.74, 6) is 2.52. The molecule has 0 aliphatic carbocycles. The molecule has 0 radical (unpaired) electrons. The molecule has 2 N–H and O–H groups in total. The molecule has 0 unspecified atom stereocenters. The Labute approximate surface area is 155 Å². The van der Waals surface area contributed by atoms with Gasteiger partial charge in [-0.05, 0) is 35.4 Å². The predicted octanol–water partition coefficient (Wildman–Crippen LogP) is 2.11. The number of methoxy groups -OCH3 is 1. The number of benzene rings is 2. The smallest absolute Gasteiger partial charge is 0.274 e. The number of nitrogens with zero attached hydrogens (tertiary/aromatic N) is 2. The Morgan fingerprint density at radius 1 is 1.07 bits per heavy atom. The number of hydrogen-bond donors (Lipinski definition) is 2. The summed E-state index contributed by atoms with van der Waals surface area (Å²) >= 11 is 0. The maximum absolute atomic E-state index is 12.3. The van der Waals surface area contributed by atoms with Crippen molar-refractivity contribution in [2.75, 3.05) is 19.2 Å². The van der Waals surface area contributed by atoms with Crippen LogP contribution in [0.2, 0.25) is 0 Å². The fourth-order valence-electron chi connectivity index (χ4n) is 2.73. The van der Waals surface area contributed by atoms with Crippen molar-refractivity contribution in [2.45, 2.75) is 13.0 Å². The molecule has 1 aromatic heterocycles. The minimum absolute atomic E-state index is 0.237. The van der Waals surface area contributed by atoms with Crippen LogP contribution in [0.15, 0.2) is 47.3 Å². The van der Waals surface area contributed by atoms with Crippen LogP contribution in [0.4, 0.5) is 5.95 Å². The zero-order valence-electron chi connectivity index (χ0n) is 14.7. The van der Waals surface area contributed by atoms with Crippen molar-refractivity contribution in [3.63, 3.8) is 0 Å². The van der Waals surface area contributed by atoms with Crippen LogP contribution in [0.3, 0.4) is 0 Å². The minimum Gasteiger partial charge on any atom is -0.497 e. The molecular weight excluding hydrogens is 348 g/mol. The number of hydrogen-bond acceptors (Lipinski definition) is 7. The van der Waals surface area contributed by atoms with Crippen molar-refractivity contribution in [2.24, 2.45) is 0 Å². The number of rotatable bonds is 6. The Hall–Kier alpha value is -3.55. The summed E-state index contributed by atoms with van der Waals surface area (Å²) in [5.41, 5.74) is 2.02. The van der Waals surface area contributed by atoms with Gasteiger partial charge in [-0.2, -0.15) is 0 Å². The van der Waals surface area contributed by atoms with Gasteiger partial charge < -0.3 is 19.5 Å². The van der Waals surface area contributed by atoms with Gasteiger partial charge in [0, 0.05) is 13.0 Å². The first-order valence-corrected chi connectivity index (χ1v) is 8.42. The van der Waals surface area contributed by atoms with E-state index >= 15 is 0 Å². The second-order valence-electron chi connectivity index (χ2n) is 6.02. The van der Waals surface area contributed by atoms with Crippen LogP contribution in [0.1, 0.15) is 16.8 Å². The Morgan fingerprint density at radius 2 is 1.85 bits per heavy atom. The SMILES string of the molecule is COc1ccc(Cc2nnc(NCc3ccc4c(c3)OCO4)[nH]c2=O)cc1. The molecular formula is C19H18N4O4. The first-order valence-electron chi connectivity index (χ1n) is 8.42. The van der Waals surface area contributed by atoms with Gasteiger partial charge in [0.2, 0.25) is 12.7 Å². The summed E-state index contributed by atoms with van der Waals surface area (Å²) in [4.78, 5) is 15.0. The molecule has 0 amide bonds. The van der Waals surface area contributed by atoms with Crippen molar-refractivity contribution in [3.05, 3.63) is 69.6 Å². The van der Waals surface area contributed by atoms with Crippen molar-refractivity contribution in [3.8, 4) is 17.2 Å². The first-order chi connectivity index (χ1) is 13.2. The molecule has 0 fully saturated rings. The van der Waals surface area contributed by atoms with E-state index in [-0.39, 0.29) is 12.4 Å². The number of aromatic nitrogens is 3. The van der Waals surface area contributed by atoms with Crippen LogP contribution in [0.25, 0.3) is 0 Å². The van der Waals surface area contributed by atoms with Gasteiger partial charge in [-0.1, -0.05) is 18.2 Å². The highest BCUT2D eigenvalue weighted by Gasteiger charge is 2.13. The van der Waals surface area contributed by atoms with Gasteiger partial charge in [0.1, 0.15) is 11.4 Å². The molecule has 3 aromatic rings. The van der Waals surface area contributed by atoms with Crippen LogP contribution in [-0.2, 0) is 13.0 Å². The number of fused-ring (bicyclic) bond motifs is 1. The normalized spacial score (nSPS) is 12.0. The highest BCUT2D eigenvalue weighted by Crippen LogP contribution is 2.32. The van der Waals surface area contributed by atoms with E-state index in [1.807, 2.05) is 42.5 Å². The number of aromatic amines is 1. The molecule has 2 aromatic carbocycles. The molecule has 138 valence electrons.